The van der Waals surface area contributed by atoms with Crippen LogP contribution in [0.4, 0.5) is 17.1 Å². The van der Waals surface area contributed by atoms with Gasteiger partial charge in [0.1, 0.15) is 0 Å². The molecule has 0 amide bonds. The minimum absolute atomic E-state index is 0.271. The number of hydrogen-bond donors (Lipinski definition) is 0. The van der Waals surface area contributed by atoms with Crippen molar-refractivity contribution in [1.29, 1.82) is 0 Å². The zero-order valence-corrected chi connectivity index (χ0v) is 28.5. The zero-order valence-electron chi connectivity index (χ0n) is 28.5. The lowest BCUT2D eigenvalue weighted by molar-refractivity contribution is 1.19. The van der Waals surface area contributed by atoms with Gasteiger partial charge in [0.2, 0.25) is 13.4 Å². The van der Waals surface area contributed by atoms with Crippen LogP contribution in [0.3, 0.4) is 0 Å². The maximum Gasteiger partial charge on any atom is 0.248 e. The van der Waals surface area contributed by atoms with Gasteiger partial charge in [-0.05, 0) is 69.4 Å². The Morgan fingerprint density at radius 1 is 0.346 bits per heavy atom. The molecule has 0 saturated carbocycles. The summed E-state index contributed by atoms with van der Waals surface area (Å²) in [6.45, 7) is 0.599. The monoisotopic (exact) mass is 658 g/mol. The van der Waals surface area contributed by atoms with Crippen molar-refractivity contribution in [3.63, 3.8) is 0 Å². The predicted octanol–water partition coefficient (Wildman–Crippen LogP) is 7.58. The molecular weight excluding hydrogens is 626 g/mol. The van der Waals surface area contributed by atoms with Gasteiger partial charge < -0.3 is 9.47 Å². The Hall–Kier alpha value is -6.51. The third kappa shape index (κ3) is 4.15. The molecule has 0 aliphatic carbocycles. The lowest BCUT2D eigenvalue weighted by atomic mass is 9.35. The Morgan fingerprint density at radius 2 is 0.904 bits per heavy atom. The molecule has 0 saturated heterocycles. The minimum Gasteiger partial charge on any atom is -0.312 e. The van der Waals surface area contributed by atoms with Gasteiger partial charge in [-0.2, -0.15) is 0 Å². The number of fused-ring (bicyclic) bond motifs is 10. The molecule has 0 spiro atoms. The van der Waals surface area contributed by atoms with Crippen LogP contribution in [0.2, 0.25) is 0 Å². The molecule has 3 aliphatic heterocycles. The second-order valence-corrected chi connectivity index (χ2v) is 14.0. The van der Waals surface area contributed by atoms with E-state index in [4.69, 9.17) is 0 Å². The van der Waals surface area contributed by atoms with Crippen LogP contribution in [0, 0.1) is 0 Å². The lowest BCUT2D eigenvalue weighted by Crippen LogP contribution is -2.55. The Kier molecular flexibility index (Phi) is 6.47. The van der Waals surface area contributed by atoms with E-state index in [9.17, 15) is 0 Å². The summed E-state index contributed by atoms with van der Waals surface area (Å²) in [5.41, 5.74) is 18.8. The highest BCUT2D eigenvalue weighted by atomic mass is 15.1. The third-order valence-electron chi connectivity index (χ3n) is 11.3. The summed E-state index contributed by atoms with van der Waals surface area (Å²) >= 11 is 0. The van der Waals surface area contributed by atoms with Crippen LogP contribution in [0.1, 0.15) is 0 Å². The molecule has 12 rings (SSSR count). The van der Waals surface area contributed by atoms with Gasteiger partial charge in [-0.25, -0.2) is 0 Å². The summed E-state index contributed by atoms with van der Waals surface area (Å²) in [7, 11) is 0. The standard InChI is InChI=1S/2C24H16BN/c1-2-9-17(10-3-1)25-20-13-5-7-16-23(20)26-22-15-6-4-11-18(22)19-12-8-14-21(25)24(19)26;1-2-9-17(10-3-1)26-22-15-7-6-14-21(22)25-20-13-5-4-11-18(20)19-12-8-16-23(26)24(19)25/h2*1-16H. The van der Waals surface area contributed by atoms with Crippen molar-refractivity contribution in [2.45, 2.75) is 0 Å². The fourth-order valence-corrected chi connectivity index (χ4v) is 9.31. The van der Waals surface area contributed by atoms with Crippen molar-refractivity contribution < 1.29 is 0 Å². The molecule has 8 aromatic carbocycles. The van der Waals surface area contributed by atoms with E-state index in [1.807, 2.05) is 0 Å². The van der Waals surface area contributed by atoms with Crippen LogP contribution in [-0.2, 0) is 0 Å². The van der Waals surface area contributed by atoms with Crippen LogP contribution in [-0.4, -0.2) is 18.0 Å². The molecule has 0 N–H and O–H groups in total. The van der Waals surface area contributed by atoms with E-state index in [2.05, 4.69) is 204 Å². The van der Waals surface area contributed by atoms with E-state index >= 15 is 0 Å². The summed E-state index contributed by atoms with van der Waals surface area (Å²) < 4.78 is 2.45. The normalized spacial score (nSPS) is 12.9. The molecule has 2 nitrogen and oxygen atoms in total. The van der Waals surface area contributed by atoms with Gasteiger partial charge in [-0.15, -0.1) is 0 Å². The van der Waals surface area contributed by atoms with E-state index < -0.39 is 0 Å². The SMILES string of the molecule is c1ccc(B2c3ccccc3-n3c4ccccc4c4cccc2c43)cc1.c1ccc(N2c3ccccc3B3c4ccccc4-c4cccc2c43)cc1. The molecule has 0 fully saturated rings. The van der Waals surface area contributed by atoms with Crippen LogP contribution in [0.25, 0.3) is 38.6 Å². The summed E-state index contributed by atoms with van der Waals surface area (Å²) in [4.78, 5) is 2.41. The summed E-state index contributed by atoms with van der Waals surface area (Å²) in [5.74, 6) is 0. The average molecular weight is 658 g/mol. The number of nitrogens with zero attached hydrogens (tertiary/aromatic N) is 2. The first kappa shape index (κ1) is 29.2. The highest BCUT2D eigenvalue weighted by Gasteiger charge is 2.41. The Morgan fingerprint density at radius 3 is 1.73 bits per heavy atom. The van der Waals surface area contributed by atoms with Gasteiger partial charge in [0, 0.05) is 39.0 Å². The molecular formula is C48H32B2N2. The quantitative estimate of drug-likeness (QED) is 0.174. The van der Waals surface area contributed by atoms with Gasteiger partial charge in [0.15, 0.2) is 0 Å². The number of anilines is 3. The number of para-hydroxylation sites is 5. The minimum atomic E-state index is 0.271. The highest BCUT2D eigenvalue weighted by molar-refractivity contribution is 7.01. The van der Waals surface area contributed by atoms with E-state index in [1.165, 1.54) is 88.5 Å². The van der Waals surface area contributed by atoms with E-state index in [-0.39, 0.29) is 6.71 Å². The van der Waals surface area contributed by atoms with Crippen LogP contribution in [0.5, 0.6) is 0 Å². The third-order valence-corrected chi connectivity index (χ3v) is 11.3. The first-order valence-corrected chi connectivity index (χ1v) is 18.2. The average Bonchev–Trinajstić information content (AvgIpc) is 3.74. The van der Waals surface area contributed by atoms with Gasteiger partial charge >= 0.3 is 0 Å². The van der Waals surface area contributed by atoms with E-state index in [1.54, 1.807) is 0 Å². The van der Waals surface area contributed by atoms with Gasteiger partial charge in [-0.1, -0.05) is 169 Å². The molecule has 240 valence electrons. The number of aromatic nitrogens is 1. The molecule has 0 atom stereocenters. The molecule has 4 heterocycles. The van der Waals surface area contributed by atoms with E-state index in [0.717, 1.165) is 0 Å². The van der Waals surface area contributed by atoms with Crippen LogP contribution >= 0.6 is 0 Å². The second-order valence-electron chi connectivity index (χ2n) is 14.0. The van der Waals surface area contributed by atoms with Crippen molar-refractivity contribution in [2.24, 2.45) is 0 Å². The van der Waals surface area contributed by atoms with Crippen LogP contribution in [0.15, 0.2) is 194 Å². The molecule has 1 aromatic heterocycles. The molecule has 0 radical (unpaired) electrons. The largest absolute Gasteiger partial charge is 0.312 e. The molecule has 0 bridgehead atoms. The topological polar surface area (TPSA) is 8.17 Å². The number of hydrogen-bond acceptors (Lipinski definition) is 1. The first-order chi connectivity index (χ1) is 25.9. The second kappa shape index (κ2) is 11.5. The molecule has 0 unspecified atom stereocenters. The number of benzene rings is 8. The van der Waals surface area contributed by atoms with Crippen molar-refractivity contribution in [1.82, 2.24) is 4.57 Å². The van der Waals surface area contributed by atoms with Crippen LogP contribution < -0.4 is 37.7 Å². The van der Waals surface area contributed by atoms with Crippen molar-refractivity contribution in [2.75, 3.05) is 4.90 Å². The maximum atomic E-state index is 2.45. The van der Waals surface area contributed by atoms with Crippen molar-refractivity contribution in [3.8, 4) is 16.8 Å². The highest BCUT2D eigenvalue weighted by Crippen LogP contribution is 2.40. The fourth-order valence-electron chi connectivity index (χ4n) is 9.31. The molecule has 3 aliphatic rings. The summed E-state index contributed by atoms with van der Waals surface area (Å²) in [6, 6.07) is 70.4. The Balaban J connectivity index is 0.000000123. The predicted molar refractivity (Wildman–Crippen MR) is 223 cm³/mol. The maximum absolute atomic E-state index is 2.45. The lowest BCUT2D eigenvalue weighted by Gasteiger charge is -2.35. The fraction of sp³-hybridized carbons (Fsp3) is 0. The molecule has 52 heavy (non-hydrogen) atoms. The number of rotatable bonds is 2. The van der Waals surface area contributed by atoms with E-state index in [0.29, 0.717) is 6.71 Å². The first-order valence-electron chi connectivity index (χ1n) is 18.2. The molecule has 4 heteroatoms. The van der Waals surface area contributed by atoms with Gasteiger partial charge in [0.25, 0.3) is 0 Å². The van der Waals surface area contributed by atoms with Crippen molar-refractivity contribution in [3.05, 3.63) is 194 Å². The zero-order chi connectivity index (χ0) is 34.2. The smallest absolute Gasteiger partial charge is 0.248 e. The molecule has 9 aromatic rings. The Bertz CT molecular complexity index is 2810. The Labute approximate surface area is 304 Å². The van der Waals surface area contributed by atoms with Gasteiger partial charge in [0.05, 0.1) is 5.52 Å². The summed E-state index contributed by atoms with van der Waals surface area (Å²) in [6.07, 6.45) is 0. The van der Waals surface area contributed by atoms with Gasteiger partial charge in [-0.3, -0.25) is 0 Å². The van der Waals surface area contributed by atoms with Crippen molar-refractivity contribution >= 4 is 85.1 Å². The summed E-state index contributed by atoms with van der Waals surface area (Å²) in [5, 5.41) is 2.67.